The standard InChI is InChI=1S/C18H17NO7/c1-2-25-17(23)12-5-3-4-6-14(12)19-16(22)10-26-18(24)13-8-7-11(20)9-15(13)21/h3-9,20-21H,2,10H2,1H3,(H,19,22). The molecule has 0 atom stereocenters. The third kappa shape index (κ3) is 4.73. The summed E-state index contributed by atoms with van der Waals surface area (Å²) in [5, 5.41) is 21.3. The number of benzene rings is 2. The van der Waals surface area contributed by atoms with Gasteiger partial charge in [-0.05, 0) is 31.2 Å². The summed E-state index contributed by atoms with van der Waals surface area (Å²) in [5.41, 5.74) is 0.201. The van der Waals surface area contributed by atoms with Gasteiger partial charge in [0.2, 0.25) is 0 Å². The van der Waals surface area contributed by atoms with E-state index in [0.717, 1.165) is 6.07 Å². The number of nitrogens with one attached hydrogen (secondary N) is 1. The van der Waals surface area contributed by atoms with Crippen LogP contribution in [0.15, 0.2) is 42.5 Å². The molecule has 0 heterocycles. The van der Waals surface area contributed by atoms with Crippen LogP contribution >= 0.6 is 0 Å². The minimum atomic E-state index is -0.934. The molecule has 0 spiro atoms. The first-order chi connectivity index (χ1) is 12.4. The molecule has 1 amide bonds. The van der Waals surface area contributed by atoms with Gasteiger partial charge in [-0.15, -0.1) is 0 Å². The lowest BCUT2D eigenvalue weighted by Gasteiger charge is -2.11. The zero-order valence-electron chi connectivity index (χ0n) is 13.9. The number of ether oxygens (including phenoxy) is 2. The van der Waals surface area contributed by atoms with E-state index in [9.17, 15) is 24.6 Å². The fourth-order valence-corrected chi connectivity index (χ4v) is 2.07. The van der Waals surface area contributed by atoms with Crippen LogP contribution in [0, 0.1) is 0 Å². The molecule has 8 nitrogen and oxygen atoms in total. The zero-order valence-corrected chi connectivity index (χ0v) is 13.9. The summed E-state index contributed by atoms with van der Waals surface area (Å²) in [6.07, 6.45) is 0. The van der Waals surface area contributed by atoms with Crippen molar-refractivity contribution in [3.05, 3.63) is 53.6 Å². The first-order valence-electron chi connectivity index (χ1n) is 7.67. The third-order valence-electron chi connectivity index (χ3n) is 3.23. The molecule has 0 radical (unpaired) electrons. The van der Waals surface area contributed by atoms with Crippen molar-refractivity contribution in [1.82, 2.24) is 0 Å². The van der Waals surface area contributed by atoms with Gasteiger partial charge in [0, 0.05) is 6.07 Å². The van der Waals surface area contributed by atoms with Crippen LogP contribution in [0.4, 0.5) is 5.69 Å². The van der Waals surface area contributed by atoms with E-state index in [2.05, 4.69) is 5.32 Å². The fraction of sp³-hybridized carbons (Fsp3) is 0.167. The smallest absolute Gasteiger partial charge is 0.342 e. The Hall–Kier alpha value is -3.55. The molecule has 0 aliphatic carbocycles. The van der Waals surface area contributed by atoms with Crippen LogP contribution in [0.3, 0.4) is 0 Å². The Balaban J connectivity index is 1.99. The minimum Gasteiger partial charge on any atom is -0.508 e. The van der Waals surface area contributed by atoms with Crippen LogP contribution in [0.1, 0.15) is 27.6 Å². The second-order valence-electron chi connectivity index (χ2n) is 5.09. The second kappa shape index (κ2) is 8.52. The van der Waals surface area contributed by atoms with Gasteiger partial charge in [0.05, 0.1) is 17.9 Å². The summed E-state index contributed by atoms with van der Waals surface area (Å²) < 4.78 is 9.73. The van der Waals surface area contributed by atoms with Crippen molar-refractivity contribution < 1.29 is 34.1 Å². The number of esters is 2. The molecule has 136 valence electrons. The van der Waals surface area contributed by atoms with E-state index in [4.69, 9.17) is 9.47 Å². The Labute approximate surface area is 149 Å². The molecule has 3 N–H and O–H groups in total. The predicted molar refractivity (Wildman–Crippen MR) is 91.1 cm³/mol. The maximum absolute atomic E-state index is 12.0. The average molecular weight is 359 g/mol. The van der Waals surface area contributed by atoms with E-state index in [0.29, 0.717) is 0 Å². The molecule has 0 fully saturated rings. The number of phenols is 2. The van der Waals surface area contributed by atoms with E-state index in [1.807, 2.05) is 0 Å². The van der Waals surface area contributed by atoms with E-state index < -0.39 is 30.2 Å². The Kier molecular flexibility index (Phi) is 6.15. The number of phenolic OH excluding ortho intramolecular Hbond substituents is 2. The molecule has 0 saturated carbocycles. The summed E-state index contributed by atoms with van der Waals surface area (Å²) in [4.78, 5) is 35.7. The Morgan fingerprint density at radius 2 is 1.65 bits per heavy atom. The van der Waals surface area contributed by atoms with E-state index in [1.165, 1.54) is 24.3 Å². The van der Waals surface area contributed by atoms with Gasteiger partial charge in [-0.1, -0.05) is 12.1 Å². The lowest BCUT2D eigenvalue weighted by atomic mass is 10.2. The van der Waals surface area contributed by atoms with Gasteiger partial charge >= 0.3 is 11.9 Å². The molecular weight excluding hydrogens is 342 g/mol. The maximum Gasteiger partial charge on any atom is 0.342 e. The van der Waals surface area contributed by atoms with Crippen molar-refractivity contribution in [2.24, 2.45) is 0 Å². The number of hydrogen-bond donors (Lipinski definition) is 3. The van der Waals surface area contributed by atoms with Crippen LogP contribution < -0.4 is 5.32 Å². The summed E-state index contributed by atoms with van der Waals surface area (Å²) in [7, 11) is 0. The number of anilines is 1. The SMILES string of the molecule is CCOC(=O)c1ccccc1NC(=O)COC(=O)c1ccc(O)cc1O. The van der Waals surface area contributed by atoms with Crippen LogP contribution in [0.2, 0.25) is 0 Å². The molecule has 2 aromatic rings. The quantitative estimate of drug-likeness (QED) is 0.675. The Morgan fingerprint density at radius 3 is 2.35 bits per heavy atom. The number of amides is 1. The first kappa shape index (κ1) is 18.8. The maximum atomic E-state index is 12.0. The van der Waals surface area contributed by atoms with Gasteiger partial charge in [0.15, 0.2) is 6.61 Å². The number of aromatic hydroxyl groups is 2. The zero-order chi connectivity index (χ0) is 19.1. The van der Waals surface area contributed by atoms with Gasteiger partial charge in [-0.25, -0.2) is 9.59 Å². The van der Waals surface area contributed by atoms with Crippen LogP contribution in [0.5, 0.6) is 11.5 Å². The van der Waals surface area contributed by atoms with Gasteiger partial charge in [0.1, 0.15) is 17.1 Å². The number of rotatable bonds is 6. The van der Waals surface area contributed by atoms with Gasteiger partial charge < -0.3 is 25.0 Å². The molecule has 0 aromatic heterocycles. The number of carbonyl (C=O) groups excluding carboxylic acids is 3. The van der Waals surface area contributed by atoms with Gasteiger partial charge in [-0.3, -0.25) is 4.79 Å². The average Bonchev–Trinajstić information content (AvgIpc) is 2.60. The molecule has 0 bridgehead atoms. The Bertz CT molecular complexity index is 832. The summed E-state index contributed by atoms with van der Waals surface area (Å²) in [6, 6.07) is 9.60. The van der Waals surface area contributed by atoms with Gasteiger partial charge in [0.25, 0.3) is 5.91 Å². The lowest BCUT2D eigenvalue weighted by molar-refractivity contribution is -0.119. The van der Waals surface area contributed by atoms with Crippen molar-refractivity contribution in [2.75, 3.05) is 18.5 Å². The number of para-hydroxylation sites is 1. The molecule has 2 aromatic carbocycles. The normalized spacial score (nSPS) is 10.0. The highest BCUT2D eigenvalue weighted by Gasteiger charge is 2.17. The van der Waals surface area contributed by atoms with Crippen molar-refractivity contribution in [2.45, 2.75) is 6.92 Å². The molecular formula is C18H17NO7. The van der Waals surface area contributed by atoms with Crippen molar-refractivity contribution in [1.29, 1.82) is 0 Å². The predicted octanol–water partition coefficient (Wildman–Crippen LogP) is 2.07. The van der Waals surface area contributed by atoms with Crippen LogP contribution in [-0.4, -0.2) is 41.3 Å². The van der Waals surface area contributed by atoms with E-state index >= 15 is 0 Å². The van der Waals surface area contributed by atoms with Crippen molar-refractivity contribution in [3.63, 3.8) is 0 Å². The van der Waals surface area contributed by atoms with Crippen molar-refractivity contribution in [3.8, 4) is 11.5 Å². The molecule has 8 heteroatoms. The molecule has 0 unspecified atom stereocenters. The first-order valence-corrected chi connectivity index (χ1v) is 7.67. The molecule has 0 saturated heterocycles. The van der Waals surface area contributed by atoms with Crippen LogP contribution in [-0.2, 0) is 14.3 Å². The summed E-state index contributed by atoms with van der Waals surface area (Å²) >= 11 is 0. The topological polar surface area (TPSA) is 122 Å². The van der Waals surface area contributed by atoms with E-state index in [-0.39, 0.29) is 29.2 Å². The molecule has 26 heavy (non-hydrogen) atoms. The van der Waals surface area contributed by atoms with Gasteiger partial charge in [-0.2, -0.15) is 0 Å². The monoisotopic (exact) mass is 359 g/mol. The highest BCUT2D eigenvalue weighted by molar-refractivity contribution is 6.02. The number of hydrogen-bond acceptors (Lipinski definition) is 7. The molecule has 0 aliphatic rings. The highest BCUT2D eigenvalue weighted by Crippen LogP contribution is 2.23. The highest BCUT2D eigenvalue weighted by atomic mass is 16.5. The molecule has 2 rings (SSSR count). The largest absolute Gasteiger partial charge is 0.508 e. The second-order valence-corrected chi connectivity index (χ2v) is 5.09. The third-order valence-corrected chi connectivity index (χ3v) is 3.23. The Morgan fingerprint density at radius 1 is 0.962 bits per heavy atom. The number of carbonyl (C=O) groups is 3. The van der Waals surface area contributed by atoms with Crippen LogP contribution in [0.25, 0.3) is 0 Å². The van der Waals surface area contributed by atoms with Crippen molar-refractivity contribution >= 4 is 23.5 Å². The molecule has 0 aliphatic heterocycles. The van der Waals surface area contributed by atoms with E-state index in [1.54, 1.807) is 19.1 Å². The summed E-state index contributed by atoms with van der Waals surface area (Å²) in [5.74, 6) is -2.88. The minimum absolute atomic E-state index is 0.171. The summed E-state index contributed by atoms with van der Waals surface area (Å²) in [6.45, 7) is 1.22. The lowest BCUT2D eigenvalue weighted by Crippen LogP contribution is -2.22. The fourth-order valence-electron chi connectivity index (χ4n) is 2.07.